The molecule has 8 heteroatoms. The third kappa shape index (κ3) is 3.65. The zero-order valence-corrected chi connectivity index (χ0v) is 17.4. The second-order valence-corrected chi connectivity index (χ2v) is 9.34. The van der Waals surface area contributed by atoms with Crippen LogP contribution < -0.4 is 11.2 Å². The maximum Gasteiger partial charge on any atom is 0.330 e. The number of aromatic amines is 1. The molecule has 5 rings (SSSR count). The fourth-order valence-electron chi connectivity index (χ4n) is 3.60. The van der Waals surface area contributed by atoms with Crippen molar-refractivity contribution in [2.45, 2.75) is 61.3 Å². The van der Waals surface area contributed by atoms with Gasteiger partial charge in [-0.3, -0.25) is 14.3 Å². The summed E-state index contributed by atoms with van der Waals surface area (Å²) < 4.78 is 1.61. The topological polar surface area (TPSA) is 104 Å². The lowest BCUT2D eigenvalue weighted by Gasteiger charge is -2.14. The first-order valence-electron chi connectivity index (χ1n) is 10.2. The predicted molar refractivity (Wildman–Crippen MR) is 115 cm³/mol. The fourth-order valence-corrected chi connectivity index (χ4v) is 4.65. The average Bonchev–Trinajstić information content (AvgIpc) is 3.61. The molecule has 30 heavy (non-hydrogen) atoms. The quantitative estimate of drug-likeness (QED) is 0.486. The number of H-pyrrole nitrogens is 1. The molecule has 152 valence electrons. The highest BCUT2D eigenvalue weighted by molar-refractivity contribution is 8.00. The molecule has 7 nitrogen and oxygen atoms in total. The number of fused-ring (bicyclic) bond motifs is 1. The third-order valence-electron chi connectivity index (χ3n) is 5.56. The minimum absolute atomic E-state index is 0.0796. The molecular formula is C22H21N5O2S. The SMILES string of the molecule is Cc1ccc(CC(C#N)Sc2nc(C3CC3)nc3c2c(=O)[nH]c(=O)n3C2CC2)cc1. The van der Waals surface area contributed by atoms with Gasteiger partial charge in [0.05, 0.1) is 6.07 Å². The Morgan fingerprint density at radius 2 is 1.93 bits per heavy atom. The van der Waals surface area contributed by atoms with E-state index in [0.29, 0.717) is 28.3 Å². The van der Waals surface area contributed by atoms with Crippen LogP contribution in [-0.2, 0) is 6.42 Å². The van der Waals surface area contributed by atoms with Crippen LogP contribution in [0.5, 0.6) is 0 Å². The maximum absolute atomic E-state index is 12.7. The molecule has 2 fully saturated rings. The van der Waals surface area contributed by atoms with Crippen molar-refractivity contribution in [2.75, 3.05) is 0 Å². The third-order valence-corrected chi connectivity index (χ3v) is 6.64. The van der Waals surface area contributed by atoms with Crippen molar-refractivity contribution < 1.29 is 0 Å². The molecule has 1 aromatic carbocycles. The summed E-state index contributed by atoms with van der Waals surface area (Å²) in [6, 6.07) is 10.5. The van der Waals surface area contributed by atoms with Gasteiger partial charge in [-0.2, -0.15) is 5.26 Å². The molecule has 0 aliphatic heterocycles. The second kappa shape index (κ2) is 7.40. The highest BCUT2D eigenvalue weighted by Gasteiger charge is 2.32. The number of hydrogen-bond acceptors (Lipinski definition) is 6. The molecule has 3 aromatic rings. The smallest absolute Gasteiger partial charge is 0.274 e. The number of aromatic nitrogens is 4. The van der Waals surface area contributed by atoms with E-state index in [4.69, 9.17) is 0 Å². The van der Waals surface area contributed by atoms with Crippen LogP contribution in [0.15, 0.2) is 38.9 Å². The Hall–Kier alpha value is -2.92. The number of nitrogens with zero attached hydrogens (tertiary/aromatic N) is 4. The molecule has 2 aliphatic carbocycles. The first kappa shape index (κ1) is 19.1. The largest absolute Gasteiger partial charge is 0.330 e. The highest BCUT2D eigenvalue weighted by Crippen LogP contribution is 2.41. The van der Waals surface area contributed by atoms with Crippen molar-refractivity contribution in [2.24, 2.45) is 0 Å². The van der Waals surface area contributed by atoms with Crippen molar-refractivity contribution in [3.05, 3.63) is 62.1 Å². The standard InChI is InChI=1S/C22H21N5O2S/c1-12-2-4-13(5-3-12)10-16(11-23)30-21-17-19(24-18(25-21)14-6-7-14)27(15-8-9-15)22(29)26-20(17)28/h2-5,14-16H,6-10H2,1H3,(H,26,28,29). The molecule has 2 aliphatic rings. The van der Waals surface area contributed by atoms with Gasteiger partial charge in [0.2, 0.25) is 0 Å². The molecule has 2 saturated carbocycles. The van der Waals surface area contributed by atoms with Crippen LogP contribution in [0, 0.1) is 18.3 Å². The zero-order chi connectivity index (χ0) is 20.8. The van der Waals surface area contributed by atoms with Gasteiger partial charge in [0, 0.05) is 12.0 Å². The summed E-state index contributed by atoms with van der Waals surface area (Å²) in [5, 5.41) is 10.2. The van der Waals surface area contributed by atoms with Gasteiger partial charge in [-0.25, -0.2) is 14.8 Å². The Kier molecular flexibility index (Phi) is 4.70. The first-order valence-corrected chi connectivity index (χ1v) is 11.1. The van der Waals surface area contributed by atoms with E-state index in [1.54, 1.807) is 4.57 Å². The van der Waals surface area contributed by atoms with Crippen molar-refractivity contribution in [1.29, 1.82) is 5.26 Å². The van der Waals surface area contributed by atoms with Crippen LogP contribution >= 0.6 is 11.8 Å². The predicted octanol–water partition coefficient (Wildman–Crippen LogP) is 3.23. The second-order valence-electron chi connectivity index (χ2n) is 8.15. The Bertz CT molecular complexity index is 1280. The summed E-state index contributed by atoms with van der Waals surface area (Å²) in [4.78, 5) is 37.0. The van der Waals surface area contributed by atoms with Crippen molar-refractivity contribution in [3.8, 4) is 6.07 Å². The highest BCUT2D eigenvalue weighted by atomic mass is 32.2. The Labute approximate surface area is 177 Å². The van der Waals surface area contributed by atoms with E-state index in [2.05, 4.69) is 21.0 Å². The molecule has 2 aromatic heterocycles. The van der Waals surface area contributed by atoms with Gasteiger partial charge in [-0.05, 0) is 44.6 Å². The summed E-state index contributed by atoms with van der Waals surface area (Å²) in [6.45, 7) is 2.03. The van der Waals surface area contributed by atoms with Crippen LogP contribution in [0.3, 0.4) is 0 Å². The Morgan fingerprint density at radius 3 is 2.57 bits per heavy atom. The number of nitriles is 1. The molecular weight excluding hydrogens is 398 g/mol. The van der Waals surface area contributed by atoms with Crippen LogP contribution in [0.1, 0.15) is 54.6 Å². The van der Waals surface area contributed by atoms with Gasteiger partial charge < -0.3 is 0 Å². The lowest BCUT2D eigenvalue weighted by atomic mass is 10.1. The first-order chi connectivity index (χ1) is 14.5. The van der Waals surface area contributed by atoms with E-state index in [9.17, 15) is 14.9 Å². The normalized spacial score (nSPS) is 17.1. The van der Waals surface area contributed by atoms with Gasteiger partial charge in [0.1, 0.15) is 21.5 Å². The van der Waals surface area contributed by atoms with Crippen LogP contribution in [0.4, 0.5) is 0 Å². The summed E-state index contributed by atoms with van der Waals surface area (Å²) >= 11 is 1.29. The van der Waals surface area contributed by atoms with Gasteiger partial charge in [-0.15, -0.1) is 0 Å². The summed E-state index contributed by atoms with van der Waals surface area (Å²) in [6.07, 6.45) is 4.38. The number of hydrogen-bond donors (Lipinski definition) is 1. The maximum atomic E-state index is 12.7. The monoisotopic (exact) mass is 419 g/mol. The molecule has 1 unspecified atom stereocenters. The van der Waals surface area contributed by atoms with Gasteiger partial charge in [0.15, 0.2) is 5.65 Å². The number of thioether (sulfide) groups is 1. The van der Waals surface area contributed by atoms with E-state index < -0.39 is 16.5 Å². The van der Waals surface area contributed by atoms with Crippen molar-refractivity contribution >= 4 is 22.8 Å². The lowest BCUT2D eigenvalue weighted by molar-refractivity contribution is 0.691. The number of benzene rings is 1. The van der Waals surface area contributed by atoms with E-state index >= 15 is 0 Å². The summed E-state index contributed by atoms with van der Waals surface area (Å²) in [7, 11) is 0. The minimum Gasteiger partial charge on any atom is -0.274 e. The molecule has 0 spiro atoms. The Morgan fingerprint density at radius 1 is 1.20 bits per heavy atom. The van der Waals surface area contributed by atoms with E-state index in [-0.39, 0.29) is 12.0 Å². The average molecular weight is 420 g/mol. The van der Waals surface area contributed by atoms with E-state index in [0.717, 1.165) is 31.2 Å². The zero-order valence-electron chi connectivity index (χ0n) is 16.6. The summed E-state index contributed by atoms with van der Waals surface area (Å²) in [5.41, 5.74) is 1.74. The Balaban J connectivity index is 1.59. The summed E-state index contributed by atoms with van der Waals surface area (Å²) in [5.74, 6) is 0.949. The lowest BCUT2D eigenvalue weighted by Crippen LogP contribution is -2.31. The molecule has 1 N–H and O–H groups in total. The van der Waals surface area contributed by atoms with Crippen LogP contribution in [-0.4, -0.2) is 24.8 Å². The fraction of sp³-hybridized carbons (Fsp3) is 0.409. The van der Waals surface area contributed by atoms with Crippen LogP contribution in [0.25, 0.3) is 11.0 Å². The number of rotatable bonds is 6. The molecule has 2 heterocycles. The number of aryl methyl sites for hydroxylation is 1. The molecule has 0 amide bonds. The molecule has 0 radical (unpaired) electrons. The van der Waals surface area contributed by atoms with Gasteiger partial charge >= 0.3 is 5.69 Å². The number of nitrogens with one attached hydrogen (secondary N) is 1. The molecule has 0 bridgehead atoms. The molecule has 1 atom stereocenters. The van der Waals surface area contributed by atoms with Crippen molar-refractivity contribution in [3.63, 3.8) is 0 Å². The van der Waals surface area contributed by atoms with E-state index in [1.165, 1.54) is 17.3 Å². The van der Waals surface area contributed by atoms with Gasteiger partial charge in [0.25, 0.3) is 5.56 Å². The van der Waals surface area contributed by atoms with Crippen molar-refractivity contribution in [1.82, 2.24) is 19.5 Å². The van der Waals surface area contributed by atoms with Gasteiger partial charge in [-0.1, -0.05) is 41.6 Å². The minimum atomic E-state index is -0.483. The molecule has 0 saturated heterocycles. The van der Waals surface area contributed by atoms with Crippen LogP contribution in [0.2, 0.25) is 0 Å². The van der Waals surface area contributed by atoms with E-state index in [1.807, 2.05) is 31.2 Å².